The van der Waals surface area contributed by atoms with E-state index in [9.17, 15) is 0 Å². The molecule has 1 aromatic rings. The molecule has 4 heteroatoms. The zero-order valence-electron chi connectivity index (χ0n) is 12.7. The first-order valence-electron chi connectivity index (χ1n) is 7.43. The van der Waals surface area contributed by atoms with Gasteiger partial charge in [0.1, 0.15) is 0 Å². The van der Waals surface area contributed by atoms with Crippen LogP contribution in [0.5, 0.6) is 0 Å². The van der Waals surface area contributed by atoms with Crippen molar-refractivity contribution < 1.29 is 4.74 Å². The predicted octanol–water partition coefficient (Wildman–Crippen LogP) is 3.13. The molecule has 1 fully saturated rings. The van der Waals surface area contributed by atoms with Gasteiger partial charge in [0.05, 0.1) is 18.8 Å². The van der Waals surface area contributed by atoms with Crippen molar-refractivity contribution in [3.05, 3.63) is 33.8 Å². The fraction of sp³-hybridized carbons (Fsp3) is 0.625. The van der Waals surface area contributed by atoms with Crippen LogP contribution in [0.1, 0.15) is 30.5 Å². The normalized spacial score (nSPS) is 24.0. The van der Waals surface area contributed by atoms with Crippen molar-refractivity contribution in [2.45, 2.75) is 32.4 Å². The number of halogens is 1. The smallest absolute Gasteiger partial charge is 0.0896 e. The second-order valence-corrected chi connectivity index (χ2v) is 6.31. The van der Waals surface area contributed by atoms with Crippen LogP contribution in [0.4, 0.5) is 0 Å². The van der Waals surface area contributed by atoms with Gasteiger partial charge in [-0.05, 0) is 44.1 Å². The quantitative estimate of drug-likeness (QED) is 0.891. The summed E-state index contributed by atoms with van der Waals surface area (Å²) in [5.41, 5.74) is 2.62. The molecule has 1 aliphatic rings. The number of aryl methyl sites for hydroxylation is 1. The van der Waals surface area contributed by atoms with E-state index in [4.69, 9.17) is 4.74 Å². The van der Waals surface area contributed by atoms with Gasteiger partial charge < -0.3 is 10.1 Å². The van der Waals surface area contributed by atoms with Crippen molar-refractivity contribution in [3.63, 3.8) is 0 Å². The summed E-state index contributed by atoms with van der Waals surface area (Å²) >= 11 is 3.66. The zero-order chi connectivity index (χ0) is 14.5. The van der Waals surface area contributed by atoms with Crippen molar-refractivity contribution in [2.75, 3.05) is 33.3 Å². The minimum absolute atomic E-state index is 0.218. The average molecular weight is 341 g/mol. The van der Waals surface area contributed by atoms with E-state index in [0.29, 0.717) is 6.04 Å². The maximum atomic E-state index is 6.01. The van der Waals surface area contributed by atoms with Crippen molar-refractivity contribution in [3.8, 4) is 0 Å². The van der Waals surface area contributed by atoms with E-state index < -0.39 is 0 Å². The third kappa shape index (κ3) is 3.61. The Morgan fingerprint density at radius 3 is 2.90 bits per heavy atom. The molecule has 1 saturated heterocycles. The Morgan fingerprint density at radius 2 is 2.25 bits per heavy atom. The van der Waals surface area contributed by atoms with Crippen LogP contribution < -0.4 is 5.32 Å². The monoisotopic (exact) mass is 340 g/mol. The van der Waals surface area contributed by atoms with E-state index in [1.54, 1.807) is 0 Å². The molecule has 1 heterocycles. The van der Waals surface area contributed by atoms with Gasteiger partial charge in [-0.1, -0.05) is 35.0 Å². The van der Waals surface area contributed by atoms with E-state index in [1.807, 2.05) is 7.05 Å². The Labute approximate surface area is 130 Å². The molecule has 0 aliphatic carbocycles. The topological polar surface area (TPSA) is 24.5 Å². The molecule has 1 aliphatic heterocycles. The van der Waals surface area contributed by atoms with E-state index in [-0.39, 0.29) is 6.10 Å². The molecule has 0 spiro atoms. The van der Waals surface area contributed by atoms with Gasteiger partial charge in [0.2, 0.25) is 0 Å². The average Bonchev–Trinajstić information content (AvgIpc) is 2.43. The second-order valence-electron chi connectivity index (χ2n) is 5.46. The van der Waals surface area contributed by atoms with Crippen LogP contribution in [0, 0.1) is 6.92 Å². The first-order chi connectivity index (χ1) is 9.67. The van der Waals surface area contributed by atoms with Crippen LogP contribution in [0.25, 0.3) is 0 Å². The van der Waals surface area contributed by atoms with Crippen molar-refractivity contribution in [1.82, 2.24) is 10.2 Å². The first kappa shape index (κ1) is 16.0. The summed E-state index contributed by atoms with van der Waals surface area (Å²) in [6.07, 6.45) is 1.39. The summed E-state index contributed by atoms with van der Waals surface area (Å²) in [7, 11) is 1.99. The van der Waals surface area contributed by atoms with Gasteiger partial charge in [-0.25, -0.2) is 0 Å². The number of hydrogen-bond donors (Lipinski definition) is 1. The van der Waals surface area contributed by atoms with Crippen LogP contribution in [0.3, 0.4) is 0 Å². The summed E-state index contributed by atoms with van der Waals surface area (Å²) in [6.45, 7) is 8.22. The Bertz CT molecular complexity index is 420. The zero-order valence-corrected chi connectivity index (χ0v) is 14.2. The summed E-state index contributed by atoms with van der Waals surface area (Å²) in [5, 5.41) is 3.26. The minimum Gasteiger partial charge on any atom is -0.374 e. The van der Waals surface area contributed by atoms with Gasteiger partial charge in [-0.3, -0.25) is 4.90 Å². The summed E-state index contributed by atoms with van der Waals surface area (Å²) in [5.74, 6) is 0. The molecule has 1 aromatic carbocycles. The lowest BCUT2D eigenvalue weighted by molar-refractivity contribution is -0.0704. The number of nitrogens with one attached hydrogen (secondary N) is 1. The van der Waals surface area contributed by atoms with Crippen LogP contribution in [-0.4, -0.2) is 44.3 Å². The number of rotatable bonds is 5. The molecule has 112 valence electrons. The highest BCUT2D eigenvalue weighted by Gasteiger charge is 2.32. The lowest BCUT2D eigenvalue weighted by Gasteiger charge is -2.41. The van der Waals surface area contributed by atoms with Crippen LogP contribution >= 0.6 is 15.9 Å². The third-order valence-corrected chi connectivity index (χ3v) is 4.76. The van der Waals surface area contributed by atoms with E-state index in [1.165, 1.54) is 22.0 Å². The molecular formula is C16H25BrN2O. The van der Waals surface area contributed by atoms with E-state index >= 15 is 0 Å². The summed E-state index contributed by atoms with van der Waals surface area (Å²) < 4.78 is 7.19. The molecule has 0 radical (unpaired) electrons. The Hall–Kier alpha value is -0.420. The minimum atomic E-state index is 0.218. The number of nitrogens with zero attached hydrogens (tertiary/aromatic N) is 1. The van der Waals surface area contributed by atoms with Crippen molar-refractivity contribution in [1.29, 1.82) is 0 Å². The van der Waals surface area contributed by atoms with Crippen LogP contribution in [0.2, 0.25) is 0 Å². The van der Waals surface area contributed by atoms with Gasteiger partial charge in [0, 0.05) is 17.6 Å². The Balaban J connectivity index is 2.29. The van der Waals surface area contributed by atoms with Crippen molar-refractivity contribution in [2.24, 2.45) is 0 Å². The van der Waals surface area contributed by atoms with Gasteiger partial charge in [-0.15, -0.1) is 0 Å². The molecule has 0 amide bonds. The number of benzene rings is 1. The van der Waals surface area contributed by atoms with Crippen molar-refractivity contribution >= 4 is 15.9 Å². The lowest BCUT2D eigenvalue weighted by Crippen LogP contribution is -2.48. The maximum absolute atomic E-state index is 6.01. The molecule has 20 heavy (non-hydrogen) atoms. The maximum Gasteiger partial charge on any atom is 0.0896 e. The second kappa shape index (κ2) is 7.55. The van der Waals surface area contributed by atoms with E-state index in [2.05, 4.69) is 58.2 Å². The number of likely N-dealkylation sites (N-methyl/N-ethyl adjacent to an activating group) is 1. The van der Waals surface area contributed by atoms with Crippen LogP contribution in [-0.2, 0) is 4.74 Å². The molecule has 2 unspecified atom stereocenters. The molecule has 3 nitrogen and oxygen atoms in total. The standard InChI is InChI=1S/C16H25BrN2O/c1-4-7-19-8-9-20-15(11-18-3)16(19)13-6-5-12(2)14(17)10-13/h5-6,10,15-16,18H,4,7-9,11H2,1-3H3. The number of ether oxygens (including phenoxy) is 1. The fourth-order valence-electron chi connectivity index (χ4n) is 2.92. The Kier molecular flexibility index (Phi) is 6.02. The molecule has 0 saturated carbocycles. The predicted molar refractivity (Wildman–Crippen MR) is 87.2 cm³/mol. The molecule has 2 rings (SSSR count). The largest absolute Gasteiger partial charge is 0.374 e. The molecule has 0 bridgehead atoms. The number of hydrogen-bond acceptors (Lipinski definition) is 3. The van der Waals surface area contributed by atoms with E-state index in [0.717, 1.165) is 26.2 Å². The molecular weight excluding hydrogens is 316 g/mol. The third-order valence-electron chi connectivity index (χ3n) is 3.91. The molecule has 1 N–H and O–H groups in total. The first-order valence-corrected chi connectivity index (χ1v) is 8.23. The van der Waals surface area contributed by atoms with Gasteiger partial charge in [0.15, 0.2) is 0 Å². The van der Waals surface area contributed by atoms with Gasteiger partial charge in [0.25, 0.3) is 0 Å². The summed E-state index contributed by atoms with van der Waals surface area (Å²) in [6, 6.07) is 7.02. The highest BCUT2D eigenvalue weighted by Crippen LogP contribution is 2.32. The highest BCUT2D eigenvalue weighted by molar-refractivity contribution is 9.10. The molecule has 2 atom stereocenters. The fourth-order valence-corrected chi connectivity index (χ4v) is 3.31. The van der Waals surface area contributed by atoms with Gasteiger partial charge >= 0.3 is 0 Å². The lowest BCUT2D eigenvalue weighted by atomic mass is 9.96. The van der Waals surface area contributed by atoms with Crippen LogP contribution in [0.15, 0.2) is 22.7 Å². The molecule has 0 aromatic heterocycles. The highest BCUT2D eigenvalue weighted by atomic mass is 79.9. The Morgan fingerprint density at radius 1 is 1.45 bits per heavy atom. The van der Waals surface area contributed by atoms with Gasteiger partial charge in [-0.2, -0.15) is 0 Å². The number of morpholine rings is 1. The SMILES string of the molecule is CCCN1CCOC(CNC)C1c1ccc(C)c(Br)c1. The summed E-state index contributed by atoms with van der Waals surface area (Å²) in [4.78, 5) is 2.56.